The van der Waals surface area contributed by atoms with Crippen molar-refractivity contribution in [3.63, 3.8) is 0 Å². The van der Waals surface area contributed by atoms with E-state index in [1.165, 1.54) is 41.2 Å². The summed E-state index contributed by atoms with van der Waals surface area (Å²) in [5.74, 6) is -1.27. The van der Waals surface area contributed by atoms with E-state index in [2.05, 4.69) is 0 Å². The summed E-state index contributed by atoms with van der Waals surface area (Å²) in [6.45, 7) is 0.104. The van der Waals surface area contributed by atoms with Gasteiger partial charge in [0.25, 0.3) is 5.56 Å². The second kappa shape index (κ2) is 6.30. The molecule has 1 aromatic carbocycles. The monoisotopic (exact) mass is 379 g/mol. The van der Waals surface area contributed by atoms with Crippen molar-refractivity contribution in [2.45, 2.75) is 6.54 Å². The van der Waals surface area contributed by atoms with Gasteiger partial charge in [-0.1, -0.05) is 12.1 Å². The molecule has 0 fully saturated rings. The molecule has 0 atom stereocenters. The van der Waals surface area contributed by atoms with Crippen LogP contribution in [0.5, 0.6) is 5.75 Å². The lowest BCUT2D eigenvalue weighted by atomic mass is 10.2. The topological polar surface area (TPSA) is 110 Å². The second-order valence-electron chi connectivity index (χ2n) is 5.71. The van der Waals surface area contributed by atoms with E-state index < -0.39 is 32.6 Å². The van der Waals surface area contributed by atoms with Gasteiger partial charge in [-0.25, -0.2) is 12.8 Å². The summed E-state index contributed by atoms with van der Waals surface area (Å²) < 4.78 is 40.0. The SMILES string of the molecule is CS(=O)(=O)Nc1cn2ccn(Cc3ccc(F)cc3)c(=O)c2c(O)c1=O. The number of rotatable bonds is 4. The molecule has 136 valence electrons. The number of nitrogens with one attached hydrogen (secondary N) is 1. The van der Waals surface area contributed by atoms with Gasteiger partial charge in [0.2, 0.25) is 15.5 Å². The Bertz CT molecular complexity index is 1210. The molecule has 2 heterocycles. The van der Waals surface area contributed by atoms with Crippen LogP contribution < -0.4 is 15.7 Å². The number of hydrogen-bond donors (Lipinski definition) is 2. The maximum Gasteiger partial charge on any atom is 0.279 e. The Morgan fingerprint density at radius 1 is 1.15 bits per heavy atom. The molecular weight excluding hydrogens is 365 g/mol. The lowest BCUT2D eigenvalue weighted by Gasteiger charge is -2.11. The lowest BCUT2D eigenvalue weighted by molar-refractivity contribution is 0.472. The third-order valence-corrected chi connectivity index (χ3v) is 4.23. The number of nitrogens with zero attached hydrogens (tertiary/aromatic N) is 2. The summed E-state index contributed by atoms with van der Waals surface area (Å²) in [5.41, 5.74) is -1.68. The first-order valence-corrected chi connectivity index (χ1v) is 9.24. The zero-order valence-electron chi connectivity index (χ0n) is 13.5. The van der Waals surface area contributed by atoms with E-state index in [0.717, 1.165) is 16.9 Å². The third kappa shape index (κ3) is 3.45. The molecule has 3 aromatic rings. The average Bonchev–Trinajstić information content (AvgIpc) is 2.55. The van der Waals surface area contributed by atoms with Gasteiger partial charge in [-0.15, -0.1) is 0 Å². The van der Waals surface area contributed by atoms with Crippen molar-refractivity contribution in [3.8, 4) is 5.75 Å². The number of halogens is 1. The Morgan fingerprint density at radius 2 is 1.81 bits per heavy atom. The number of hydrogen-bond acceptors (Lipinski definition) is 5. The van der Waals surface area contributed by atoms with Gasteiger partial charge in [0, 0.05) is 18.6 Å². The molecule has 3 rings (SSSR count). The van der Waals surface area contributed by atoms with E-state index in [1.54, 1.807) is 0 Å². The molecule has 0 amide bonds. The molecule has 0 saturated heterocycles. The predicted molar refractivity (Wildman–Crippen MR) is 93.6 cm³/mol. The summed E-state index contributed by atoms with van der Waals surface area (Å²) in [4.78, 5) is 24.7. The highest BCUT2D eigenvalue weighted by Crippen LogP contribution is 2.15. The van der Waals surface area contributed by atoms with Crippen molar-refractivity contribution in [1.29, 1.82) is 0 Å². The van der Waals surface area contributed by atoms with Crippen LogP contribution in [0, 0.1) is 5.82 Å². The fourth-order valence-corrected chi connectivity index (χ4v) is 3.03. The average molecular weight is 379 g/mol. The van der Waals surface area contributed by atoms with Gasteiger partial charge in [0.05, 0.1) is 12.8 Å². The van der Waals surface area contributed by atoms with Crippen LogP contribution >= 0.6 is 0 Å². The largest absolute Gasteiger partial charge is 0.502 e. The number of aromatic hydroxyl groups is 1. The van der Waals surface area contributed by atoms with Crippen LogP contribution in [0.2, 0.25) is 0 Å². The highest BCUT2D eigenvalue weighted by Gasteiger charge is 2.16. The molecule has 0 aliphatic rings. The minimum absolute atomic E-state index is 0.104. The first-order valence-electron chi connectivity index (χ1n) is 7.35. The van der Waals surface area contributed by atoms with E-state index in [9.17, 15) is 27.5 Å². The van der Waals surface area contributed by atoms with E-state index in [1.807, 2.05) is 4.72 Å². The summed E-state index contributed by atoms with van der Waals surface area (Å²) in [5, 5.41) is 10.1. The van der Waals surface area contributed by atoms with Crippen LogP contribution in [0.15, 0.2) is 52.4 Å². The molecule has 0 spiro atoms. The summed E-state index contributed by atoms with van der Waals surface area (Å²) in [6.07, 6.45) is 4.78. The predicted octanol–water partition coefficient (Wildman–Crippen LogP) is 0.726. The summed E-state index contributed by atoms with van der Waals surface area (Å²) in [7, 11) is -3.74. The first kappa shape index (κ1) is 17.7. The molecule has 2 N–H and O–H groups in total. The quantitative estimate of drug-likeness (QED) is 0.694. The van der Waals surface area contributed by atoms with Gasteiger partial charge >= 0.3 is 0 Å². The number of fused-ring (bicyclic) bond motifs is 1. The minimum Gasteiger partial charge on any atom is -0.502 e. The Morgan fingerprint density at radius 3 is 2.42 bits per heavy atom. The molecule has 0 unspecified atom stereocenters. The fourth-order valence-electron chi connectivity index (χ4n) is 2.49. The van der Waals surface area contributed by atoms with Gasteiger partial charge in [-0.2, -0.15) is 0 Å². The van der Waals surface area contributed by atoms with Crippen LogP contribution in [0.1, 0.15) is 5.56 Å². The number of aromatic nitrogens is 2. The molecule has 0 bridgehead atoms. The maximum atomic E-state index is 13.0. The molecule has 0 aliphatic heterocycles. The molecule has 0 aliphatic carbocycles. The Labute approximate surface area is 146 Å². The van der Waals surface area contributed by atoms with Crippen molar-refractivity contribution in [3.05, 3.63) is 74.8 Å². The van der Waals surface area contributed by atoms with Crippen LogP contribution in [-0.2, 0) is 16.6 Å². The van der Waals surface area contributed by atoms with Crippen LogP contribution in [0.3, 0.4) is 0 Å². The number of sulfonamides is 1. The highest BCUT2D eigenvalue weighted by molar-refractivity contribution is 7.92. The van der Waals surface area contributed by atoms with Crippen molar-refractivity contribution >= 4 is 21.2 Å². The molecule has 10 heteroatoms. The summed E-state index contributed by atoms with van der Waals surface area (Å²) in [6, 6.07) is 5.54. The van der Waals surface area contributed by atoms with Gasteiger partial charge in [-0.3, -0.25) is 14.3 Å². The highest BCUT2D eigenvalue weighted by atomic mass is 32.2. The maximum absolute atomic E-state index is 13.0. The molecular formula is C16H14FN3O5S. The first-order chi connectivity index (χ1) is 12.2. The van der Waals surface area contributed by atoms with E-state index in [4.69, 9.17) is 0 Å². The standard InChI is InChI=1S/C16H14FN3O5S/c1-26(24,25)18-12-9-19-6-7-20(8-10-2-4-11(17)5-3-10)16(23)13(19)15(22)14(12)21/h2-7,9,18,22H,8H2,1H3. The number of anilines is 1. The van der Waals surface area contributed by atoms with Crippen molar-refractivity contribution < 1.29 is 17.9 Å². The molecule has 26 heavy (non-hydrogen) atoms. The molecule has 0 radical (unpaired) electrons. The smallest absolute Gasteiger partial charge is 0.279 e. The molecule has 0 saturated carbocycles. The van der Waals surface area contributed by atoms with Crippen LogP contribution in [0.25, 0.3) is 5.52 Å². The van der Waals surface area contributed by atoms with E-state index in [-0.39, 0.29) is 17.7 Å². The van der Waals surface area contributed by atoms with Crippen LogP contribution in [-0.4, -0.2) is 28.7 Å². The van der Waals surface area contributed by atoms with E-state index in [0.29, 0.717) is 5.56 Å². The van der Waals surface area contributed by atoms with Crippen molar-refractivity contribution in [2.75, 3.05) is 11.0 Å². The Kier molecular flexibility index (Phi) is 4.28. The molecule has 8 nitrogen and oxygen atoms in total. The van der Waals surface area contributed by atoms with E-state index >= 15 is 0 Å². The Balaban J connectivity index is 2.13. The Hall–Kier alpha value is -3.14. The van der Waals surface area contributed by atoms with Gasteiger partial charge < -0.3 is 14.1 Å². The fraction of sp³-hybridized carbons (Fsp3) is 0.125. The van der Waals surface area contributed by atoms with Gasteiger partial charge in [-0.05, 0) is 17.7 Å². The summed E-state index contributed by atoms with van der Waals surface area (Å²) >= 11 is 0. The third-order valence-electron chi connectivity index (χ3n) is 3.64. The van der Waals surface area contributed by atoms with Crippen LogP contribution in [0.4, 0.5) is 10.1 Å². The number of pyridine rings is 1. The zero-order valence-corrected chi connectivity index (χ0v) is 14.3. The number of benzene rings is 1. The lowest BCUT2D eigenvalue weighted by Crippen LogP contribution is -2.25. The van der Waals surface area contributed by atoms with Crippen molar-refractivity contribution in [1.82, 2.24) is 8.97 Å². The normalized spacial score (nSPS) is 11.6. The second-order valence-corrected chi connectivity index (χ2v) is 7.46. The van der Waals surface area contributed by atoms with Gasteiger partial charge in [0.1, 0.15) is 11.5 Å². The minimum atomic E-state index is -3.74. The molecule has 2 aromatic heterocycles. The van der Waals surface area contributed by atoms with Gasteiger partial charge in [0.15, 0.2) is 11.3 Å². The zero-order chi connectivity index (χ0) is 19.1. The van der Waals surface area contributed by atoms with Crippen molar-refractivity contribution in [2.24, 2.45) is 0 Å².